The first-order valence-electron chi connectivity index (χ1n) is 20.4. The summed E-state index contributed by atoms with van der Waals surface area (Å²) in [4.78, 5) is 42.6. The van der Waals surface area contributed by atoms with Crippen molar-refractivity contribution in [2.24, 2.45) is 0 Å². The van der Waals surface area contributed by atoms with Crippen LogP contribution in [0.4, 0.5) is 4.79 Å². The Hall–Kier alpha value is -1.63. The number of likely N-dealkylation sites (N-methyl/N-ethyl adjacent to an activating group) is 1. The molecule has 276 valence electrons. The molecule has 7 nitrogen and oxygen atoms in total. The number of unbranched alkanes of at least 4 members (excludes halogenated alkanes) is 19. The number of imide groups is 1. The molecule has 0 bridgehead atoms. The van der Waals surface area contributed by atoms with Crippen molar-refractivity contribution in [3.8, 4) is 0 Å². The second-order valence-electron chi connectivity index (χ2n) is 14.4. The summed E-state index contributed by atoms with van der Waals surface area (Å²) < 4.78 is 6.03. The monoisotopic (exact) mass is 664 g/mol. The van der Waals surface area contributed by atoms with E-state index >= 15 is 0 Å². The summed E-state index contributed by atoms with van der Waals surface area (Å²) in [5.74, 6) is -0.0618. The molecule has 3 amide bonds. The number of carbonyl (C=O) groups excluding carboxylic acids is 3. The Morgan fingerprint density at radius 2 is 1.04 bits per heavy atom. The first-order chi connectivity index (χ1) is 22.9. The molecule has 7 heteroatoms. The van der Waals surface area contributed by atoms with Gasteiger partial charge in [0.15, 0.2) is 0 Å². The van der Waals surface area contributed by atoms with Crippen LogP contribution in [-0.2, 0) is 14.3 Å². The zero-order valence-corrected chi connectivity index (χ0v) is 31.7. The lowest BCUT2D eigenvalue weighted by Crippen LogP contribution is -2.35. The average Bonchev–Trinajstić information content (AvgIpc) is 3.30. The Labute approximate surface area is 291 Å². The smallest absolute Gasteiger partial charge is 0.326 e. The highest BCUT2D eigenvalue weighted by atomic mass is 16.5. The molecule has 0 radical (unpaired) electrons. The zero-order chi connectivity index (χ0) is 34.4. The fraction of sp³-hybridized carbons (Fsp3) is 0.925. The van der Waals surface area contributed by atoms with Gasteiger partial charge in [0.05, 0.1) is 0 Å². The van der Waals surface area contributed by atoms with Crippen molar-refractivity contribution in [3.63, 3.8) is 0 Å². The predicted octanol–water partition coefficient (Wildman–Crippen LogP) is 10.7. The maximum atomic E-state index is 12.7. The van der Waals surface area contributed by atoms with E-state index in [0.29, 0.717) is 13.0 Å². The zero-order valence-electron chi connectivity index (χ0n) is 31.7. The predicted molar refractivity (Wildman–Crippen MR) is 198 cm³/mol. The molecular weight excluding hydrogens is 586 g/mol. The molecule has 0 unspecified atom stereocenters. The summed E-state index contributed by atoms with van der Waals surface area (Å²) in [6, 6.07) is -0.160. The summed E-state index contributed by atoms with van der Waals surface area (Å²) >= 11 is 0. The molecule has 0 atom stereocenters. The topological polar surface area (TPSA) is 70.2 Å². The van der Waals surface area contributed by atoms with Crippen molar-refractivity contribution < 1.29 is 19.1 Å². The summed E-state index contributed by atoms with van der Waals surface area (Å²) in [5.41, 5.74) is 0. The van der Waals surface area contributed by atoms with Gasteiger partial charge < -0.3 is 14.5 Å². The Bertz CT molecular complexity index is 761. The maximum Gasteiger partial charge on any atom is 0.326 e. The van der Waals surface area contributed by atoms with Gasteiger partial charge in [-0.05, 0) is 71.0 Å². The lowest BCUT2D eigenvalue weighted by atomic mass is 10.0. The standard InChI is InChI=1S/C40H77N3O4/c1-5-8-11-14-18-23-29-37(30-24-19-15-12-9-6-2)47-39(45)31-25-20-17-22-27-33-42(32-26-21-16-13-10-7-3)34-28-35-43-38(44)36-41(4)40(43)46/h37H,5-36H2,1-4H3. The van der Waals surface area contributed by atoms with Gasteiger partial charge >= 0.3 is 12.0 Å². The minimum Gasteiger partial charge on any atom is -0.462 e. The van der Waals surface area contributed by atoms with Crippen LogP contribution in [0.2, 0.25) is 0 Å². The van der Waals surface area contributed by atoms with Crippen LogP contribution in [0.3, 0.4) is 0 Å². The van der Waals surface area contributed by atoms with Crippen LogP contribution in [0.15, 0.2) is 0 Å². The summed E-state index contributed by atoms with van der Waals surface area (Å²) in [6.45, 7) is 10.6. The van der Waals surface area contributed by atoms with Gasteiger partial charge in [0.1, 0.15) is 12.6 Å². The molecule has 1 saturated heterocycles. The van der Waals surface area contributed by atoms with E-state index in [4.69, 9.17) is 4.74 Å². The molecular formula is C40H77N3O4. The van der Waals surface area contributed by atoms with E-state index < -0.39 is 0 Å². The second-order valence-corrected chi connectivity index (χ2v) is 14.4. The van der Waals surface area contributed by atoms with Gasteiger partial charge in [0.2, 0.25) is 5.91 Å². The van der Waals surface area contributed by atoms with Crippen molar-refractivity contribution in [1.29, 1.82) is 0 Å². The molecule has 0 aromatic carbocycles. The third-order valence-electron chi connectivity index (χ3n) is 9.83. The van der Waals surface area contributed by atoms with E-state index in [9.17, 15) is 14.4 Å². The van der Waals surface area contributed by atoms with Crippen LogP contribution in [0.5, 0.6) is 0 Å². The number of hydrogen-bond acceptors (Lipinski definition) is 5. The van der Waals surface area contributed by atoms with Crippen molar-refractivity contribution in [1.82, 2.24) is 14.7 Å². The number of rotatable bonds is 34. The van der Waals surface area contributed by atoms with E-state index in [1.807, 2.05) is 0 Å². The van der Waals surface area contributed by atoms with Gasteiger partial charge in [-0.25, -0.2) is 4.79 Å². The SMILES string of the molecule is CCCCCCCCC(CCCCCCCC)OC(=O)CCCCCCCN(CCCCCCCC)CCCN1C(=O)CN(C)C1=O. The Balaban J connectivity index is 2.32. The van der Waals surface area contributed by atoms with Gasteiger partial charge in [0.25, 0.3) is 0 Å². The van der Waals surface area contributed by atoms with E-state index in [-0.39, 0.29) is 30.6 Å². The van der Waals surface area contributed by atoms with E-state index in [2.05, 4.69) is 25.7 Å². The highest BCUT2D eigenvalue weighted by Gasteiger charge is 2.32. The number of ether oxygens (including phenoxy) is 1. The molecule has 1 fully saturated rings. The highest BCUT2D eigenvalue weighted by Crippen LogP contribution is 2.18. The molecule has 0 N–H and O–H groups in total. The number of nitrogens with zero attached hydrogens (tertiary/aromatic N) is 3. The molecule has 1 aliphatic rings. The van der Waals surface area contributed by atoms with Crippen LogP contribution in [0, 0.1) is 0 Å². The van der Waals surface area contributed by atoms with Gasteiger partial charge in [-0.2, -0.15) is 0 Å². The number of hydrogen-bond donors (Lipinski definition) is 0. The third kappa shape index (κ3) is 23.4. The van der Waals surface area contributed by atoms with Crippen molar-refractivity contribution in [3.05, 3.63) is 0 Å². The third-order valence-corrected chi connectivity index (χ3v) is 9.83. The Morgan fingerprint density at radius 3 is 1.51 bits per heavy atom. The quantitative estimate of drug-likeness (QED) is 0.0389. The first kappa shape index (κ1) is 43.4. The van der Waals surface area contributed by atoms with Crippen molar-refractivity contribution in [2.45, 2.75) is 200 Å². The van der Waals surface area contributed by atoms with Crippen molar-refractivity contribution >= 4 is 17.9 Å². The van der Waals surface area contributed by atoms with Gasteiger partial charge in [-0.1, -0.05) is 136 Å². The highest BCUT2D eigenvalue weighted by molar-refractivity contribution is 6.01. The fourth-order valence-corrected chi connectivity index (χ4v) is 6.74. The largest absolute Gasteiger partial charge is 0.462 e. The maximum absolute atomic E-state index is 12.7. The first-order valence-corrected chi connectivity index (χ1v) is 20.4. The van der Waals surface area contributed by atoms with Crippen molar-refractivity contribution in [2.75, 3.05) is 39.8 Å². The fourth-order valence-electron chi connectivity index (χ4n) is 6.74. The lowest BCUT2D eigenvalue weighted by molar-refractivity contribution is -0.150. The molecule has 1 rings (SSSR count). The van der Waals surface area contributed by atoms with E-state index in [1.165, 1.54) is 132 Å². The number of amides is 3. The van der Waals surface area contributed by atoms with Gasteiger partial charge in [0, 0.05) is 20.0 Å². The average molecular weight is 664 g/mol. The summed E-state index contributed by atoms with van der Waals surface area (Å²) in [7, 11) is 1.69. The molecule has 0 aliphatic carbocycles. The van der Waals surface area contributed by atoms with E-state index in [1.54, 1.807) is 7.05 Å². The summed E-state index contributed by atoms with van der Waals surface area (Å²) in [5, 5.41) is 0. The Kier molecular flexibility index (Phi) is 28.1. The normalized spacial score (nSPS) is 13.6. The molecule has 0 saturated carbocycles. The van der Waals surface area contributed by atoms with Crippen LogP contribution in [0.25, 0.3) is 0 Å². The molecule has 1 heterocycles. The molecule has 0 spiro atoms. The molecule has 0 aromatic rings. The number of carbonyl (C=O) groups is 3. The number of esters is 1. The minimum atomic E-state index is -0.160. The second kappa shape index (κ2) is 30.4. The molecule has 0 aromatic heterocycles. The van der Waals surface area contributed by atoms with Crippen LogP contribution in [0.1, 0.15) is 194 Å². The molecule has 1 aliphatic heterocycles. The Morgan fingerprint density at radius 1 is 0.617 bits per heavy atom. The van der Waals surface area contributed by atoms with Gasteiger partial charge in [-0.15, -0.1) is 0 Å². The van der Waals surface area contributed by atoms with E-state index in [0.717, 1.165) is 64.6 Å². The molecule has 47 heavy (non-hydrogen) atoms. The summed E-state index contributed by atoms with van der Waals surface area (Å²) in [6.07, 6.45) is 32.2. The lowest BCUT2D eigenvalue weighted by Gasteiger charge is -2.23. The van der Waals surface area contributed by atoms with Gasteiger partial charge in [-0.3, -0.25) is 14.5 Å². The number of urea groups is 1. The van der Waals surface area contributed by atoms with Crippen LogP contribution < -0.4 is 0 Å². The minimum absolute atomic E-state index is 0.0123. The van der Waals surface area contributed by atoms with Crippen LogP contribution >= 0.6 is 0 Å². The van der Waals surface area contributed by atoms with Crippen LogP contribution in [-0.4, -0.2) is 78.5 Å².